The van der Waals surface area contributed by atoms with Gasteiger partial charge in [0.2, 0.25) is 0 Å². The van der Waals surface area contributed by atoms with Crippen LogP contribution in [-0.2, 0) is 8.98 Å². The van der Waals surface area contributed by atoms with Crippen LogP contribution in [0.25, 0.3) is 0 Å². The molecule has 1 saturated carbocycles. The molecule has 1 aliphatic carbocycles. The van der Waals surface area contributed by atoms with E-state index in [1.165, 1.54) is 31.9 Å². The van der Waals surface area contributed by atoms with E-state index < -0.39 is 0 Å². The molecule has 14 heavy (non-hydrogen) atoms. The fourth-order valence-corrected chi connectivity index (χ4v) is 2.00. The molecule has 0 aliphatic heterocycles. The summed E-state index contributed by atoms with van der Waals surface area (Å²) in [5.74, 6) is 0.433. The van der Waals surface area contributed by atoms with Gasteiger partial charge in [-0.25, -0.2) is 0 Å². The zero-order chi connectivity index (χ0) is 9.97. The molecule has 0 amide bonds. The minimum absolute atomic E-state index is 0.263. The lowest BCUT2D eigenvalue weighted by Crippen LogP contribution is -2.08. The molecule has 3 nitrogen and oxygen atoms in total. The summed E-state index contributed by atoms with van der Waals surface area (Å²) in [4.78, 5) is 14.8. The highest BCUT2D eigenvalue weighted by molar-refractivity contribution is 7.95. The van der Waals surface area contributed by atoms with Crippen molar-refractivity contribution in [1.82, 2.24) is 4.98 Å². The van der Waals surface area contributed by atoms with Crippen LogP contribution in [0, 0.1) is 0 Å². The summed E-state index contributed by atoms with van der Waals surface area (Å²) < 4.78 is 4.83. The van der Waals surface area contributed by atoms with E-state index in [1.54, 1.807) is 0 Å². The first-order chi connectivity index (χ1) is 6.75. The molecular weight excluding hydrogens is 198 g/mol. The fraction of sp³-hybridized carbons (Fsp3) is 0.500. The maximum atomic E-state index is 10.6. The summed E-state index contributed by atoms with van der Waals surface area (Å²) in [5, 5.41) is 0. The van der Waals surface area contributed by atoms with Crippen molar-refractivity contribution < 1.29 is 8.98 Å². The molecule has 1 aromatic rings. The van der Waals surface area contributed by atoms with Gasteiger partial charge in [-0.15, -0.1) is 0 Å². The van der Waals surface area contributed by atoms with Crippen LogP contribution in [0.4, 0.5) is 0 Å². The molecule has 1 heterocycles. The Morgan fingerprint density at radius 2 is 2.43 bits per heavy atom. The third-order valence-electron chi connectivity index (χ3n) is 2.48. The van der Waals surface area contributed by atoms with Crippen LogP contribution < -0.4 is 0 Å². The molecule has 1 aromatic heterocycles. The summed E-state index contributed by atoms with van der Waals surface area (Å²) >= 11 is 1.12. The SMILES string of the molecule is CC(=O)OSc1c[nH]c(C2CCC2)c1. The summed E-state index contributed by atoms with van der Waals surface area (Å²) in [6.07, 6.45) is 5.77. The van der Waals surface area contributed by atoms with Gasteiger partial charge in [-0.05, 0) is 24.8 Å². The zero-order valence-corrected chi connectivity index (χ0v) is 8.89. The van der Waals surface area contributed by atoms with Gasteiger partial charge in [0, 0.05) is 18.8 Å². The van der Waals surface area contributed by atoms with E-state index in [4.69, 9.17) is 4.18 Å². The molecule has 0 spiro atoms. The molecule has 4 heteroatoms. The standard InChI is InChI=1S/C10H13NO2S/c1-7(12)13-14-9-5-10(11-6-9)8-3-2-4-8/h5-6,8,11H,2-4H2,1H3. The second kappa shape index (κ2) is 4.09. The van der Waals surface area contributed by atoms with E-state index in [0.717, 1.165) is 16.9 Å². The Bertz CT molecular complexity index is 331. The molecule has 0 atom stereocenters. The van der Waals surface area contributed by atoms with E-state index in [0.29, 0.717) is 5.92 Å². The highest BCUT2D eigenvalue weighted by Crippen LogP contribution is 2.37. The highest BCUT2D eigenvalue weighted by atomic mass is 32.2. The van der Waals surface area contributed by atoms with E-state index in [9.17, 15) is 4.79 Å². The van der Waals surface area contributed by atoms with E-state index in [2.05, 4.69) is 11.1 Å². The molecular formula is C10H13NO2S. The topological polar surface area (TPSA) is 42.1 Å². The lowest BCUT2D eigenvalue weighted by atomic mass is 9.83. The van der Waals surface area contributed by atoms with Gasteiger partial charge in [-0.2, -0.15) is 0 Å². The monoisotopic (exact) mass is 211 g/mol. The number of hydrogen-bond acceptors (Lipinski definition) is 3. The summed E-state index contributed by atoms with van der Waals surface area (Å²) in [5.41, 5.74) is 1.27. The Hall–Kier alpha value is -0.900. The van der Waals surface area contributed by atoms with Crippen LogP contribution >= 0.6 is 12.0 Å². The van der Waals surface area contributed by atoms with E-state index in [1.807, 2.05) is 6.20 Å². The Balaban J connectivity index is 1.92. The number of hydrogen-bond donors (Lipinski definition) is 1. The predicted molar refractivity (Wildman–Crippen MR) is 55.0 cm³/mol. The Morgan fingerprint density at radius 3 is 3.00 bits per heavy atom. The Morgan fingerprint density at radius 1 is 1.64 bits per heavy atom. The third-order valence-corrected chi connectivity index (χ3v) is 3.23. The van der Waals surface area contributed by atoms with E-state index in [-0.39, 0.29) is 5.97 Å². The van der Waals surface area contributed by atoms with Gasteiger partial charge in [-0.3, -0.25) is 4.79 Å². The van der Waals surface area contributed by atoms with Crippen LogP contribution in [-0.4, -0.2) is 11.0 Å². The molecule has 0 bridgehead atoms. The Labute approximate surface area is 87.4 Å². The predicted octanol–water partition coefficient (Wildman–Crippen LogP) is 2.85. The lowest BCUT2D eigenvalue weighted by molar-refractivity contribution is -0.130. The minimum atomic E-state index is -0.263. The highest BCUT2D eigenvalue weighted by Gasteiger charge is 2.20. The maximum Gasteiger partial charge on any atom is 0.315 e. The summed E-state index contributed by atoms with van der Waals surface area (Å²) in [6.45, 7) is 1.41. The third kappa shape index (κ3) is 2.12. The zero-order valence-electron chi connectivity index (χ0n) is 8.08. The van der Waals surface area contributed by atoms with Crippen molar-refractivity contribution in [2.45, 2.75) is 37.0 Å². The quantitative estimate of drug-likeness (QED) is 0.782. The molecule has 0 saturated heterocycles. The smallest absolute Gasteiger partial charge is 0.315 e. The van der Waals surface area contributed by atoms with Crippen molar-refractivity contribution in [3.8, 4) is 0 Å². The molecule has 0 unspecified atom stereocenters. The maximum absolute atomic E-state index is 10.6. The van der Waals surface area contributed by atoms with Crippen molar-refractivity contribution in [2.75, 3.05) is 0 Å². The first kappa shape index (κ1) is 9.65. The van der Waals surface area contributed by atoms with Gasteiger partial charge in [0.05, 0.1) is 16.9 Å². The van der Waals surface area contributed by atoms with Gasteiger partial charge < -0.3 is 9.17 Å². The molecule has 76 valence electrons. The van der Waals surface area contributed by atoms with Gasteiger partial charge >= 0.3 is 5.97 Å². The molecule has 0 radical (unpaired) electrons. The van der Waals surface area contributed by atoms with Gasteiger partial charge in [0.1, 0.15) is 0 Å². The number of rotatable bonds is 3. The van der Waals surface area contributed by atoms with Gasteiger partial charge in [-0.1, -0.05) is 6.42 Å². The van der Waals surface area contributed by atoms with Crippen molar-refractivity contribution in [3.63, 3.8) is 0 Å². The van der Waals surface area contributed by atoms with Crippen LogP contribution in [0.15, 0.2) is 17.2 Å². The number of carbonyl (C=O) groups excluding carboxylic acids is 1. The molecule has 1 fully saturated rings. The van der Waals surface area contributed by atoms with Crippen LogP contribution in [0.3, 0.4) is 0 Å². The number of H-pyrrole nitrogens is 1. The molecule has 1 N–H and O–H groups in total. The van der Waals surface area contributed by atoms with Gasteiger partial charge in [0.25, 0.3) is 0 Å². The van der Waals surface area contributed by atoms with Crippen molar-refractivity contribution in [3.05, 3.63) is 18.0 Å². The van der Waals surface area contributed by atoms with Crippen molar-refractivity contribution in [2.24, 2.45) is 0 Å². The van der Waals surface area contributed by atoms with Crippen molar-refractivity contribution >= 4 is 18.0 Å². The van der Waals surface area contributed by atoms with Crippen LogP contribution in [0.2, 0.25) is 0 Å². The van der Waals surface area contributed by atoms with Crippen LogP contribution in [0.5, 0.6) is 0 Å². The fourth-order valence-electron chi connectivity index (χ4n) is 1.50. The number of aromatic amines is 1. The minimum Gasteiger partial charge on any atom is -0.386 e. The number of carbonyl (C=O) groups is 1. The Kier molecular flexibility index (Phi) is 2.82. The molecule has 2 rings (SSSR count). The average Bonchev–Trinajstić information content (AvgIpc) is 2.46. The molecule has 1 aliphatic rings. The second-order valence-corrected chi connectivity index (χ2v) is 4.38. The average molecular weight is 211 g/mol. The number of nitrogens with one attached hydrogen (secondary N) is 1. The lowest BCUT2D eigenvalue weighted by Gasteiger charge is -2.23. The first-order valence-corrected chi connectivity index (χ1v) is 5.53. The second-order valence-electron chi connectivity index (χ2n) is 3.58. The first-order valence-electron chi connectivity index (χ1n) is 4.79. The molecule has 0 aromatic carbocycles. The number of aromatic nitrogens is 1. The normalized spacial score (nSPS) is 16.4. The van der Waals surface area contributed by atoms with Crippen molar-refractivity contribution in [1.29, 1.82) is 0 Å². The summed E-state index contributed by atoms with van der Waals surface area (Å²) in [6, 6.07) is 2.07. The van der Waals surface area contributed by atoms with E-state index >= 15 is 0 Å². The van der Waals surface area contributed by atoms with Crippen LogP contribution in [0.1, 0.15) is 37.8 Å². The van der Waals surface area contributed by atoms with Gasteiger partial charge in [0.15, 0.2) is 0 Å². The summed E-state index contributed by atoms with van der Waals surface area (Å²) in [7, 11) is 0. The largest absolute Gasteiger partial charge is 0.386 e.